The first-order valence-corrected chi connectivity index (χ1v) is 5.15. The quantitative estimate of drug-likeness (QED) is 0.557. The second-order valence-corrected chi connectivity index (χ2v) is 4.30. The molecule has 1 heterocycles. The van der Waals surface area contributed by atoms with Crippen molar-refractivity contribution in [3.63, 3.8) is 0 Å². The Kier molecular flexibility index (Phi) is 3.82. The Bertz CT molecular complexity index is 253. The number of nitrogens with zero attached hydrogens (tertiary/aromatic N) is 2. The third-order valence-corrected chi connectivity index (χ3v) is 3.01. The summed E-state index contributed by atoms with van der Waals surface area (Å²) < 4.78 is 0. The summed E-state index contributed by atoms with van der Waals surface area (Å²) in [5, 5.41) is 1.52. The highest BCUT2D eigenvalue weighted by atomic mass is 35.5. The van der Waals surface area contributed by atoms with Crippen LogP contribution in [0.3, 0.4) is 0 Å². The van der Waals surface area contributed by atoms with Crippen molar-refractivity contribution < 1.29 is 0 Å². The third-order valence-electron chi connectivity index (χ3n) is 1.19. The van der Waals surface area contributed by atoms with Crippen LogP contribution in [0.4, 0.5) is 0 Å². The van der Waals surface area contributed by atoms with E-state index in [9.17, 15) is 0 Å². The topological polar surface area (TPSA) is 25.8 Å². The molecule has 0 bridgehead atoms. The minimum atomic E-state index is 0.642. The maximum Gasteiger partial charge on any atom is 0.118 e. The minimum absolute atomic E-state index is 0.642. The number of hydrogen-bond donors (Lipinski definition) is 0. The molecule has 0 fully saturated rings. The van der Waals surface area contributed by atoms with Crippen LogP contribution in [0.25, 0.3) is 0 Å². The molecule has 0 aliphatic heterocycles. The summed E-state index contributed by atoms with van der Waals surface area (Å²) in [6, 6.07) is 0. The molecule has 0 aliphatic rings. The van der Waals surface area contributed by atoms with Crippen LogP contribution in [0.1, 0.15) is 13.8 Å². The predicted molar refractivity (Wildman–Crippen MR) is 52.6 cm³/mol. The van der Waals surface area contributed by atoms with Gasteiger partial charge in [-0.3, -0.25) is 0 Å². The first-order chi connectivity index (χ1) is 5.70. The zero-order valence-electron chi connectivity index (χ0n) is 7.12. The summed E-state index contributed by atoms with van der Waals surface area (Å²) in [7, 11) is 0. The molecule has 12 heavy (non-hydrogen) atoms. The molecule has 1 aromatic rings. The fourth-order valence-corrected chi connectivity index (χ4v) is 1.73. The van der Waals surface area contributed by atoms with E-state index in [1.165, 1.54) is 6.33 Å². The normalized spacial score (nSPS) is 10.7. The second kappa shape index (κ2) is 4.67. The largest absolute Gasteiger partial charge is 0.243 e. The molecule has 0 saturated heterocycles. The Morgan fingerprint density at radius 2 is 2.33 bits per heavy atom. The minimum Gasteiger partial charge on any atom is -0.243 e. The van der Waals surface area contributed by atoms with Crippen LogP contribution in [0.15, 0.2) is 17.6 Å². The van der Waals surface area contributed by atoms with Crippen LogP contribution >= 0.6 is 23.4 Å². The average Bonchev–Trinajstić information content (AvgIpc) is 2.03. The Morgan fingerprint density at radius 3 is 2.92 bits per heavy atom. The molecule has 0 amide bonds. The van der Waals surface area contributed by atoms with Gasteiger partial charge in [0, 0.05) is 5.75 Å². The highest BCUT2D eigenvalue weighted by Gasteiger charge is 2.02. The molecule has 66 valence electrons. The summed E-state index contributed by atoms with van der Waals surface area (Å²) in [6.07, 6.45) is 3.14. The number of rotatable bonds is 3. The standard InChI is InChI=1S/C8H11ClN2S/c1-6(2)4-12-8-7(9)3-10-5-11-8/h3,5-6H,4H2,1-2H3. The van der Waals surface area contributed by atoms with E-state index in [0.717, 1.165) is 10.8 Å². The van der Waals surface area contributed by atoms with Crippen LogP contribution in [-0.2, 0) is 0 Å². The van der Waals surface area contributed by atoms with Gasteiger partial charge in [0.15, 0.2) is 0 Å². The van der Waals surface area contributed by atoms with Crippen molar-refractivity contribution in [3.05, 3.63) is 17.5 Å². The molecule has 0 aromatic carbocycles. The van der Waals surface area contributed by atoms with Gasteiger partial charge in [0.25, 0.3) is 0 Å². The van der Waals surface area contributed by atoms with Gasteiger partial charge in [-0.25, -0.2) is 9.97 Å². The van der Waals surface area contributed by atoms with Crippen LogP contribution in [0, 0.1) is 5.92 Å². The molecule has 0 saturated carbocycles. The van der Waals surface area contributed by atoms with Gasteiger partial charge in [0.2, 0.25) is 0 Å². The predicted octanol–water partition coefficient (Wildman–Crippen LogP) is 2.88. The van der Waals surface area contributed by atoms with E-state index in [0.29, 0.717) is 10.9 Å². The Morgan fingerprint density at radius 1 is 1.58 bits per heavy atom. The lowest BCUT2D eigenvalue weighted by molar-refractivity contribution is 0.749. The second-order valence-electron chi connectivity index (χ2n) is 2.88. The number of hydrogen-bond acceptors (Lipinski definition) is 3. The number of thioether (sulfide) groups is 1. The molecule has 0 atom stereocenters. The Balaban J connectivity index is 2.57. The van der Waals surface area contributed by atoms with Crippen molar-refractivity contribution in [3.8, 4) is 0 Å². The van der Waals surface area contributed by atoms with E-state index in [4.69, 9.17) is 11.6 Å². The molecule has 0 aliphatic carbocycles. The molecule has 0 radical (unpaired) electrons. The van der Waals surface area contributed by atoms with Crippen molar-refractivity contribution >= 4 is 23.4 Å². The molecule has 2 nitrogen and oxygen atoms in total. The first kappa shape index (κ1) is 9.81. The Hall–Kier alpha value is -0.280. The van der Waals surface area contributed by atoms with Crippen LogP contribution < -0.4 is 0 Å². The maximum atomic E-state index is 5.86. The lowest BCUT2D eigenvalue weighted by Gasteiger charge is -2.03. The van der Waals surface area contributed by atoms with Crippen molar-refractivity contribution in [1.29, 1.82) is 0 Å². The van der Waals surface area contributed by atoms with Gasteiger partial charge < -0.3 is 0 Å². The summed E-state index contributed by atoms with van der Waals surface area (Å²) in [4.78, 5) is 7.89. The van der Waals surface area contributed by atoms with E-state index in [-0.39, 0.29) is 0 Å². The van der Waals surface area contributed by atoms with Gasteiger partial charge in [-0.2, -0.15) is 0 Å². The highest BCUT2D eigenvalue weighted by molar-refractivity contribution is 7.99. The molecule has 0 N–H and O–H groups in total. The van der Waals surface area contributed by atoms with Crippen LogP contribution in [-0.4, -0.2) is 15.7 Å². The fraction of sp³-hybridized carbons (Fsp3) is 0.500. The molecule has 1 rings (SSSR count). The van der Waals surface area contributed by atoms with Crippen LogP contribution in [0.5, 0.6) is 0 Å². The van der Waals surface area contributed by atoms with Crippen molar-refractivity contribution in [2.24, 2.45) is 5.92 Å². The summed E-state index contributed by atoms with van der Waals surface area (Å²) >= 11 is 7.53. The smallest absolute Gasteiger partial charge is 0.118 e. The van der Waals surface area contributed by atoms with E-state index in [1.807, 2.05) is 0 Å². The monoisotopic (exact) mass is 202 g/mol. The molecule has 0 unspecified atom stereocenters. The Labute approximate surface area is 81.8 Å². The lowest BCUT2D eigenvalue weighted by atomic mass is 10.3. The summed E-state index contributed by atoms with van der Waals surface area (Å²) in [5.41, 5.74) is 0. The lowest BCUT2D eigenvalue weighted by Crippen LogP contribution is -1.92. The van der Waals surface area contributed by atoms with E-state index in [1.54, 1.807) is 18.0 Å². The molecular weight excluding hydrogens is 192 g/mol. The van der Waals surface area contributed by atoms with Gasteiger partial charge in [-0.1, -0.05) is 25.4 Å². The van der Waals surface area contributed by atoms with Crippen molar-refractivity contribution in [2.45, 2.75) is 18.9 Å². The highest BCUT2D eigenvalue weighted by Crippen LogP contribution is 2.24. The SMILES string of the molecule is CC(C)CSc1ncncc1Cl. The third kappa shape index (κ3) is 2.99. The van der Waals surface area contributed by atoms with Gasteiger partial charge in [0.05, 0.1) is 11.2 Å². The molecule has 4 heteroatoms. The summed E-state index contributed by atoms with van der Waals surface area (Å²) in [6.45, 7) is 4.34. The van der Waals surface area contributed by atoms with Crippen molar-refractivity contribution in [2.75, 3.05) is 5.75 Å². The van der Waals surface area contributed by atoms with Crippen molar-refractivity contribution in [1.82, 2.24) is 9.97 Å². The summed E-state index contributed by atoms with van der Waals surface area (Å²) in [5.74, 6) is 1.69. The van der Waals surface area contributed by atoms with Gasteiger partial charge >= 0.3 is 0 Å². The molecule has 0 spiro atoms. The average molecular weight is 203 g/mol. The zero-order valence-corrected chi connectivity index (χ0v) is 8.69. The molecule has 1 aromatic heterocycles. The van der Waals surface area contributed by atoms with Gasteiger partial charge in [-0.15, -0.1) is 11.8 Å². The van der Waals surface area contributed by atoms with E-state index in [2.05, 4.69) is 23.8 Å². The number of halogens is 1. The zero-order chi connectivity index (χ0) is 8.97. The van der Waals surface area contributed by atoms with Gasteiger partial charge in [-0.05, 0) is 5.92 Å². The van der Waals surface area contributed by atoms with Crippen LogP contribution in [0.2, 0.25) is 5.02 Å². The number of aromatic nitrogens is 2. The fourth-order valence-electron chi connectivity index (χ4n) is 0.653. The maximum absolute atomic E-state index is 5.86. The van der Waals surface area contributed by atoms with E-state index >= 15 is 0 Å². The molecular formula is C8H11ClN2S. The first-order valence-electron chi connectivity index (χ1n) is 3.78. The van der Waals surface area contributed by atoms with E-state index < -0.39 is 0 Å². The van der Waals surface area contributed by atoms with Gasteiger partial charge in [0.1, 0.15) is 11.4 Å².